The molecule has 0 fully saturated rings. The predicted octanol–water partition coefficient (Wildman–Crippen LogP) is 4.56. The number of halogens is 3. The molecule has 0 radical (unpaired) electrons. The van der Waals surface area contributed by atoms with Gasteiger partial charge in [0.2, 0.25) is 5.91 Å². The molecule has 0 unspecified atom stereocenters. The van der Waals surface area contributed by atoms with Gasteiger partial charge in [0, 0.05) is 17.3 Å². The van der Waals surface area contributed by atoms with E-state index in [1.807, 2.05) is 0 Å². The minimum Gasteiger partial charge on any atom is -0.477 e. The SMILES string of the molecule is CCCn1c(C(=O)O)c(N2C(=O)Cc3cscc3C2=O)c2cc(C(F)(F)F)ccc21. The van der Waals surface area contributed by atoms with E-state index in [4.69, 9.17) is 0 Å². The molecule has 0 saturated heterocycles. The molecule has 0 atom stereocenters. The molecule has 0 spiro atoms. The zero-order valence-corrected chi connectivity index (χ0v) is 16.4. The first-order valence-electron chi connectivity index (χ1n) is 9.04. The van der Waals surface area contributed by atoms with Crippen LogP contribution in [0.5, 0.6) is 0 Å². The third-order valence-electron chi connectivity index (χ3n) is 5.00. The lowest BCUT2D eigenvalue weighted by molar-refractivity contribution is -0.137. The van der Waals surface area contributed by atoms with Crippen molar-refractivity contribution in [3.05, 3.63) is 51.3 Å². The Morgan fingerprint density at radius 2 is 1.97 bits per heavy atom. The van der Waals surface area contributed by atoms with Crippen LogP contribution in [-0.2, 0) is 23.9 Å². The number of rotatable bonds is 4. The van der Waals surface area contributed by atoms with Crippen molar-refractivity contribution in [2.45, 2.75) is 32.5 Å². The Morgan fingerprint density at radius 3 is 2.60 bits per heavy atom. The number of anilines is 1. The van der Waals surface area contributed by atoms with E-state index < -0.39 is 29.5 Å². The number of carbonyl (C=O) groups excluding carboxylic acids is 2. The average Bonchev–Trinajstić information content (AvgIpc) is 3.24. The summed E-state index contributed by atoms with van der Waals surface area (Å²) in [5.74, 6) is -2.85. The van der Waals surface area contributed by atoms with Gasteiger partial charge in [-0.05, 0) is 35.6 Å². The lowest BCUT2D eigenvalue weighted by atomic mass is 10.0. The van der Waals surface area contributed by atoms with E-state index in [1.165, 1.54) is 22.0 Å². The number of alkyl halides is 3. The zero-order chi connectivity index (χ0) is 21.8. The third-order valence-corrected chi connectivity index (χ3v) is 5.80. The van der Waals surface area contributed by atoms with E-state index in [2.05, 4.69) is 0 Å². The van der Waals surface area contributed by atoms with Crippen molar-refractivity contribution in [1.29, 1.82) is 0 Å². The molecule has 0 saturated carbocycles. The van der Waals surface area contributed by atoms with Crippen LogP contribution in [0.4, 0.5) is 18.9 Å². The molecule has 1 aromatic carbocycles. The first kappa shape index (κ1) is 20.1. The van der Waals surface area contributed by atoms with E-state index in [9.17, 15) is 32.7 Å². The lowest BCUT2D eigenvalue weighted by Crippen LogP contribution is -2.42. The van der Waals surface area contributed by atoms with Gasteiger partial charge in [0.15, 0.2) is 5.69 Å². The summed E-state index contributed by atoms with van der Waals surface area (Å²) in [5.41, 5.74) is -0.699. The molecule has 6 nitrogen and oxygen atoms in total. The summed E-state index contributed by atoms with van der Waals surface area (Å²) >= 11 is 1.22. The van der Waals surface area contributed by atoms with Crippen LogP contribution in [0.25, 0.3) is 10.9 Å². The van der Waals surface area contributed by atoms with Crippen LogP contribution in [0.2, 0.25) is 0 Å². The fourth-order valence-electron chi connectivity index (χ4n) is 3.76. The minimum atomic E-state index is -4.67. The van der Waals surface area contributed by atoms with Crippen LogP contribution in [-0.4, -0.2) is 27.5 Å². The van der Waals surface area contributed by atoms with Gasteiger partial charge in [0.1, 0.15) is 0 Å². The topological polar surface area (TPSA) is 79.6 Å². The van der Waals surface area contributed by atoms with Crippen molar-refractivity contribution in [1.82, 2.24) is 4.57 Å². The highest BCUT2D eigenvalue weighted by Gasteiger charge is 2.39. The molecular formula is C20H15F3N2O4S. The molecule has 2 amide bonds. The summed E-state index contributed by atoms with van der Waals surface area (Å²) in [5, 5.41) is 13.0. The van der Waals surface area contributed by atoms with Crippen LogP contribution in [0.3, 0.4) is 0 Å². The number of nitrogens with zero attached hydrogens (tertiary/aromatic N) is 2. The molecule has 10 heteroatoms. The van der Waals surface area contributed by atoms with Gasteiger partial charge in [-0.1, -0.05) is 6.92 Å². The van der Waals surface area contributed by atoms with Gasteiger partial charge in [-0.3, -0.25) is 9.59 Å². The average molecular weight is 436 g/mol. The van der Waals surface area contributed by atoms with E-state index in [-0.39, 0.29) is 40.8 Å². The van der Waals surface area contributed by atoms with Gasteiger partial charge >= 0.3 is 12.1 Å². The van der Waals surface area contributed by atoms with Crippen LogP contribution in [0.1, 0.15) is 45.3 Å². The number of carbonyl (C=O) groups is 3. The fourth-order valence-corrected chi connectivity index (χ4v) is 4.59. The second-order valence-corrected chi connectivity index (χ2v) is 7.65. The monoisotopic (exact) mass is 436 g/mol. The van der Waals surface area contributed by atoms with Crippen molar-refractivity contribution in [2.75, 3.05) is 4.90 Å². The van der Waals surface area contributed by atoms with Crippen LogP contribution < -0.4 is 4.90 Å². The minimum absolute atomic E-state index is 0.101. The van der Waals surface area contributed by atoms with Gasteiger partial charge in [0.05, 0.1) is 28.8 Å². The van der Waals surface area contributed by atoms with Gasteiger partial charge in [-0.25, -0.2) is 9.69 Å². The van der Waals surface area contributed by atoms with Crippen molar-refractivity contribution < 1.29 is 32.7 Å². The largest absolute Gasteiger partial charge is 0.477 e. The molecule has 0 bridgehead atoms. The Hall–Kier alpha value is -3.14. The number of thiophene rings is 1. The number of aryl methyl sites for hydroxylation is 1. The van der Waals surface area contributed by atoms with Gasteiger partial charge in [0.25, 0.3) is 5.91 Å². The number of amides is 2. The number of hydrogen-bond donors (Lipinski definition) is 1. The number of hydrogen-bond acceptors (Lipinski definition) is 4. The molecule has 156 valence electrons. The highest BCUT2D eigenvalue weighted by molar-refractivity contribution is 7.08. The molecule has 3 heterocycles. The first-order chi connectivity index (χ1) is 14.1. The van der Waals surface area contributed by atoms with E-state index in [0.717, 1.165) is 12.1 Å². The van der Waals surface area contributed by atoms with Gasteiger partial charge in [-0.15, -0.1) is 0 Å². The molecule has 1 N–H and O–H groups in total. The summed E-state index contributed by atoms with van der Waals surface area (Å²) in [4.78, 5) is 38.7. The maximum absolute atomic E-state index is 13.3. The van der Waals surface area contributed by atoms with Crippen molar-refractivity contribution >= 4 is 45.7 Å². The van der Waals surface area contributed by atoms with Crippen LogP contribution >= 0.6 is 11.3 Å². The van der Waals surface area contributed by atoms with Crippen LogP contribution in [0, 0.1) is 0 Å². The van der Waals surface area contributed by atoms with Crippen LogP contribution in [0.15, 0.2) is 29.0 Å². The Labute approximate surface area is 172 Å². The fraction of sp³-hybridized carbons (Fsp3) is 0.250. The van der Waals surface area contributed by atoms with Crippen molar-refractivity contribution in [3.63, 3.8) is 0 Å². The normalized spacial score (nSPS) is 14.5. The lowest BCUT2D eigenvalue weighted by Gasteiger charge is -2.25. The predicted molar refractivity (Wildman–Crippen MR) is 104 cm³/mol. The smallest absolute Gasteiger partial charge is 0.416 e. The molecule has 30 heavy (non-hydrogen) atoms. The number of fused-ring (bicyclic) bond motifs is 2. The number of carboxylic acids is 1. The second kappa shape index (κ2) is 6.98. The zero-order valence-electron chi connectivity index (χ0n) is 15.6. The Morgan fingerprint density at radius 1 is 1.23 bits per heavy atom. The van der Waals surface area contributed by atoms with E-state index in [0.29, 0.717) is 16.9 Å². The third kappa shape index (κ3) is 2.98. The number of imide groups is 1. The van der Waals surface area contributed by atoms with E-state index in [1.54, 1.807) is 17.7 Å². The number of benzene rings is 1. The molecule has 1 aliphatic rings. The summed E-state index contributed by atoms with van der Waals surface area (Å²) < 4.78 is 41.4. The first-order valence-corrected chi connectivity index (χ1v) is 9.98. The molecular weight excluding hydrogens is 421 g/mol. The summed E-state index contributed by atoms with van der Waals surface area (Å²) in [7, 11) is 0. The summed E-state index contributed by atoms with van der Waals surface area (Å²) in [6.07, 6.45) is -4.30. The molecule has 1 aliphatic heterocycles. The Balaban J connectivity index is 2.07. The van der Waals surface area contributed by atoms with Crippen molar-refractivity contribution in [2.24, 2.45) is 0 Å². The standard InChI is InChI=1S/C20H15F3N2O4S/c1-2-5-24-14-4-3-11(20(21,22)23)7-12(14)16(17(24)19(28)29)25-15(26)6-10-8-30-9-13(10)18(25)27/h3-4,7-9H,2,5-6H2,1H3,(H,28,29). The Kier molecular flexibility index (Phi) is 4.69. The Bertz CT molecular complexity index is 1210. The molecule has 3 aromatic rings. The van der Waals surface area contributed by atoms with Crippen molar-refractivity contribution in [3.8, 4) is 0 Å². The number of aromatic carboxylic acids is 1. The highest BCUT2D eigenvalue weighted by atomic mass is 32.1. The summed E-state index contributed by atoms with van der Waals surface area (Å²) in [6.45, 7) is 1.99. The maximum Gasteiger partial charge on any atom is 0.416 e. The summed E-state index contributed by atoms with van der Waals surface area (Å²) in [6, 6.07) is 2.84. The van der Waals surface area contributed by atoms with Gasteiger partial charge in [-0.2, -0.15) is 24.5 Å². The second-order valence-electron chi connectivity index (χ2n) is 6.91. The molecule has 0 aliphatic carbocycles. The van der Waals surface area contributed by atoms with E-state index >= 15 is 0 Å². The molecule has 4 rings (SSSR count). The highest BCUT2D eigenvalue weighted by Crippen LogP contribution is 2.41. The van der Waals surface area contributed by atoms with Gasteiger partial charge < -0.3 is 9.67 Å². The number of carboxylic acid groups (broad SMARTS) is 1. The molecule has 2 aromatic heterocycles. The quantitative estimate of drug-likeness (QED) is 0.608. The number of aromatic nitrogens is 1. The maximum atomic E-state index is 13.3.